The Bertz CT molecular complexity index is 196. The summed E-state index contributed by atoms with van der Waals surface area (Å²) in [6.07, 6.45) is 0.614. The lowest BCUT2D eigenvalue weighted by molar-refractivity contribution is -0.145. The zero-order valence-corrected chi connectivity index (χ0v) is 8.93. The first-order valence-electron chi connectivity index (χ1n) is 5.09. The van der Waals surface area contributed by atoms with E-state index in [1.807, 2.05) is 20.8 Å². The Labute approximate surface area is 84.6 Å². The van der Waals surface area contributed by atoms with Crippen LogP contribution < -0.4 is 5.32 Å². The maximum absolute atomic E-state index is 10.3. The minimum Gasteiger partial charge on any atom is -0.388 e. The molecule has 4 nitrogen and oxygen atoms in total. The highest BCUT2D eigenvalue weighted by Crippen LogP contribution is 2.24. The summed E-state index contributed by atoms with van der Waals surface area (Å²) in [4.78, 5) is 10.3. The van der Waals surface area contributed by atoms with Crippen LogP contribution in [0.1, 0.15) is 27.2 Å². The number of hydrogen-bond donors (Lipinski definition) is 2. The first-order valence-corrected chi connectivity index (χ1v) is 5.09. The van der Waals surface area contributed by atoms with Crippen LogP contribution in [0, 0.1) is 5.92 Å². The summed E-state index contributed by atoms with van der Waals surface area (Å²) in [6, 6.07) is -0.177. The third-order valence-electron chi connectivity index (χ3n) is 2.66. The standard InChI is InChI=1S/C10H19NO3/c1-6(2)10-9(13)8(11-5-12)4-7(3)14-10/h5-10,13H,4H2,1-3H3,(H,11,12). The number of rotatable bonds is 3. The van der Waals surface area contributed by atoms with Crippen LogP contribution in [-0.4, -0.2) is 35.9 Å². The first-order chi connectivity index (χ1) is 6.56. The molecule has 82 valence electrons. The average Bonchev–Trinajstić information content (AvgIpc) is 2.10. The molecule has 2 N–H and O–H groups in total. The molecule has 1 heterocycles. The molecule has 0 spiro atoms. The smallest absolute Gasteiger partial charge is 0.207 e. The van der Waals surface area contributed by atoms with E-state index in [0.717, 1.165) is 0 Å². The highest BCUT2D eigenvalue weighted by molar-refractivity contribution is 5.46. The topological polar surface area (TPSA) is 58.6 Å². The van der Waals surface area contributed by atoms with Gasteiger partial charge in [-0.05, 0) is 19.3 Å². The normalized spacial score (nSPS) is 38.4. The molecule has 1 fully saturated rings. The van der Waals surface area contributed by atoms with Crippen molar-refractivity contribution >= 4 is 6.41 Å². The molecular formula is C10H19NO3. The second-order valence-electron chi connectivity index (χ2n) is 4.27. The van der Waals surface area contributed by atoms with Gasteiger partial charge in [0.25, 0.3) is 0 Å². The fourth-order valence-corrected chi connectivity index (χ4v) is 1.94. The van der Waals surface area contributed by atoms with Gasteiger partial charge in [0.05, 0.1) is 18.2 Å². The van der Waals surface area contributed by atoms with Crippen molar-refractivity contribution in [1.29, 1.82) is 0 Å². The summed E-state index contributed by atoms with van der Waals surface area (Å²) in [5.41, 5.74) is 0. The molecule has 0 aromatic carbocycles. The third kappa shape index (κ3) is 2.45. The van der Waals surface area contributed by atoms with Gasteiger partial charge in [-0.3, -0.25) is 4.79 Å². The summed E-state index contributed by atoms with van der Waals surface area (Å²) in [7, 11) is 0. The number of aliphatic hydroxyl groups excluding tert-OH is 1. The largest absolute Gasteiger partial charge is 0.388 e. The van der Waals surface area contributed by atoms with E-state index in [0.29, 0.717) is 12.8 Å². The van der Waals surface area contributed by atoms with E-state index in [1.165, 1.54) is 0 Å². The molecule has 4 heteroatoms. The molecule has 0 bridgehead atoms. The molecule has 14 heavy (non-hydrogen) atoms. The molecule has 1 aliphatic rings. The van der Waals surface area contributed by atoms with Crippen molar-refractivity contribution in [3.05, 3.63) is 0 Å². The van der Waals surface area contributed by atoms with E-state index in [4.69, 9.17) is 4.74 Å². The van der Waals surface area contributed by atoms with Gasteiger partial charge in [-0.1, -0.05) is 13.8 Å². The van der Waals surface area contributed by atoms with Crippen LogP contribution in [0.15, 0.2) is 0 Å². The van der Waals surface area contributed by atoms with Gasteiger partial charge < -0.3 is 15.2 Å². The lowest BCUT2D eigenvalue weighted by atomic mass is 9.90. The summed E-state index contributed by atoms with van der Waals surface area (Å²) < 4.78 is 5.63. The van der Waals surface area contributed by atoms with Gasteiger partial charge in [-0.2, -0.15) is 0 Å². The lowest BCUT2D eigenvalue weighted by Gasteiger charge is -2.39. The Hall–Kier alpha value is -0.610. The fourth-order valence-electron chi connectivity index (χ4n) is 1.94. The van der Waals surface area contributed by atoms with Crippen molar-refractivity contribution < 1.29 is 14.6 Å². The molecular weight excluding hydrogens is 182 g/mol. The van der Waals surface area contributed by atoms with Gasteiger partial charge in [0.2, 0.25) is 6.41 Å². The Balaban J connectivity index is 2.65. The number of carbonyl (C=O) groups excluding carboxylic acids is 1. The fraction of sp³-hybridized carbons (Fsp3) is 0.900. The molecule has 0 aromatic rings. The van der Waals surface area contributed by atoms with E-state index < -0.39 is 6.10 Å². The van der Waals surface area contributed by atoms with Crippen LogP contribution in [-0.2, 0) is 9.53 Å². The lowest BCUT2D eigenvalue weighted by Crippen LogP contribution is -2.55. The Morgan fingerprint density at radius 2 is 2.21 bits per heavy atom. The summed E-state index contributed by atoms with van der Waals surface area (Å²) in [5, 5.41) is 12.5. The monoisotopic (exact) mass is 201 g/mol. The Morgan fingerprint density at radius 3 is 2.71 bits per heavy atom. The van der Waals surface area contributed by atoms with Gasteiger partial charge in [-0.15, -0.1) is 0 Å². The highest BCUT2D eigenvalue weighted by Gasteiger charge is 2.37. The predicted molar refractivity (Wildman–Crippen MR) is 52.8 cm³/mol. The minimum absolute atomic E-state index is 0.0863. The summed E-state index contributed by atoms with van der Waals surface area (Å²) >= 11 is 0. The molecule has 1 aliphatic heterocycles. The molecule has 0 saturated carbocycles. The van der Waals surface area contributed by atoms with E-state index >= 15 is 0 Å². The van der Waals surface area contributed by atoms with Crippen LogP contribution in [0.3, 0.4) is 0 Å². The maximum Gasteiger partial charge on any atom is 0.207 e. The van der Waals surface area contributed by atoms with Gasteiger partial charge >= 0.3 is 0 Å². The quantitative estimate of drug-likeness (QED) is 0.645. The van der Waals surface area contributed by atoms with E-state index in [-0.39, 0.29) is 24.2 Å². The van der Waals surface area contributed by atoms with Crippen molar-refractivity contribution in [2.24, 2.45) is 5.92 Å². The van der Waals surface area contributed by atoms with Gasteiger partial charge in [-0.25, -0.2) is 0 Å². The molecule has 4 atom stereocenters. The van der Waals surface area contributed by atoms with Crippen molar-refractivity contribution in [2.45, 2.75) is 51.5 Å². The van der Waals surface area contributed by atoms with Gasteiger partial charge in [0.1, 0.15) is 6.10 Å². The molecule has 1 saturated heterocycles. The average molecular weight is 201 g/mol. The number of hydrogen-bond acceptors (Lipinski definition) is 3. The minimum atomic E-state index is -0.601. The number of carbonyl (C=O) groups is 1. The van der Waals surface area contributed by atoms with Crippen molar-refractivity contribution in [3.63, 3.8) is 0 Å². The van der Waals surface area contributed by atoms with Crippen LogP contribution >= 0.6 is 0 Å². The van der Waals surface area contributed by atoms with Crippen LogP contribution in [0.5, 0.6) is 0 Å². The second kappa shape index (κ2) is 4.75. The number of nitrogens with one attached hydrogen (secondary N) is 1. The molecule has 0 radical (unpaired) electrons. The number of aliphatic hydroxyl groups is 1. The Morgan fingerprint density at radius 1 is 1.57 bits per heavy atom. The zero-order chi connectivity index (χ0) is 10.7. The van der Waals surface area contributed by atoms with E-state index in [2.05, 4.69) is 5.32 Å². The van der Waals surface area contributed by atoms with Gasteiger partial charge in [0, 0.05) is 0 Å². The van der Waals surface area contributed by atoms with Crippen LogP contribution in [0.25, 0.3) is 0 Å². The number of amides is 1. The second-order valence-corrected chi connectivity index (χ2v) is 4.27. The van der Waals surface area contributed by atoms with Crippen LogP contribution in [0.4, 0.5) is 0 Å². The zero-order valence-electron chi connectivity index (χ0n) is 8.93. The van der Waals surface area contributed by atoms with Crippen molar-refractivity contribution in [3.8, 4) is 0 Å². The summed E-state index contributed by atoms with van der Waals surface area (Å²) in [5.74, 6) is 0.253. The van der Waals surface area contributed by atoms with Crippen molar-refractivity contribution in [1.82, 2.24) is 5.32 Å². The maximum atomic E-state index is 10.3. The first kappa shape index (κ1) is 11.5. The highest BCUT2D eigenvalue weighted by atomic mass is 16.5. The molecule has 1 rings (SSSR count). The van der Waals surface area contributed by atoms with Gasteiger partial charge in [0.15, 0.2) is 0 Å². The SMILES string of the molecule is CC1CC(NC=O)C(O)C(C(C)C)O1. The van der Waals surface area contributed by atoms with Crippen molar-refractivity contribution in [2.75, 3.05) is 0 Å². The number of ether oxygens (including phenoxy) is 1. The molecule has 0 aromatic heterocycles. The van der Waals surface area contributed by atoms with E-state index in [1.54, 1.807) is 0 Å². The summed E-state index contributed by atoms with van der Waals surface area (Å²) in [6.45, 7) is 5.97. The molecule has 1 amide bonds. The van der Waals surface area contributed by atoms with Crippen LogP contribution in [0.2, 0.25) is 0 Å². The molecule has 4 unspecified atom stereocenters. The third-order valence-corrected chi connectivity index (χ3v) is 2.66. The van der Waals surface area contributed by atoms with E-state index in [9.17, 15) is 9.90 Å². The Kier molecular flexibility index (Phi) is 3.89. The molecule has 0 aliphatic carbocycles. The predicted octanol–water partition coefficient (Wildman–Crippen LogP) is 0.295.